The molecule has 2 rings (SSSR count). The molecule has 0 saturated carbocycles. The molecule has 128 valence electrons. The summed E-state index contributed by atoms with van der Waals surface area (Å²) in [5.74, 6) is -0.387. The maximum Gasteiger partial charge on any atom is 0.223 e. The molecule has 0 fully saturated rings. The number of nitrogens with zero attached hydrogens (tertiary/aromatic N) is 2. The lowest BCUT2D eigenvalue weighted by molar-refractivity contribution is -0.132. The van der Waals surface area contributed by atoms with Crippen molar-refractivity contribution in [1.29, 1.82) is 0 Å². The molecule has 6 nitrogen and oxygen atoms in total. The Morgan fingerprint density at radius 1 is 1.17 bits per heavy atom. The van der Waals surface area contributed by atoms with Gasteiger partial charge in [-0.2, -0.15) is 5.10 Å². The Balaban J connectivity index is 2.01. The number of carbonyl (C=O) groups excluding carboxylic acids is 2. The van der Waals surface area contributed by atoms with E-state index in [0.29, 0.717) is 25.9 Å². The van der Waals surface area contributed by atoms with Crippen LogP contribution in [0.3, 0.4) is 0 Å². The minimum atomic E-state index is -0.401. The Morgan fingerprint density at radius 2 is 1.88 bits per heavy atom. The van der Waals surface area contributed by atoms with Crippen LogP contribution in [-0.4, -0.2) is 33.5 Å². The summed E-state index contributed by atoms with van der Waals surface area (Å²) in [7, 11) is 0. The van der Waals surface area contributed by atoms with Crippen LogP contribution in [0.25, 0.3) is 0 Å². The molecule has 1 aromatic heterocycles. The number of hydrogen-bond donors (Lipinski definition) is 2. The van der Waals surface area contributed by atoms with Crippen molar-refractivity contribution in [3.8, 4) is 0 Å². The van der Waals surface area contributed by atoms with Gasteiger partial charge >= 0.3 is 0 Å². The number of rotatable bonds is 8. The first-order valence-corrected chi connectivity index (χ1v) is 8.08. The Labute approximate surface area is 142 Å². The molecular formula is C18H24N4O2. The van der Waals surface area contributed by atoms with Gasteiger partial charge in [-0.25, -0.2) is 0 Å². The summed E-state index contributed by atoms with van der Waals surface area (Å²) >= 11 is 0. The standard InChI is InChI=1S/C18H24N4O2/c1-13-16(14(2)21-20-13)8-9-18(24)22(11-10-17(19)23)12-15-6-4-3-5-7-15/h3-7H,8-12H2,1-2H3,(H2,19,23)(H,20,21). The van der Waals surface area contributed by atoms with Crippen molar-refractivity contribution in [1.82, 2.24) is 15.1 Å². The van der Waals surface area contributed by atoms with Gasteiger partial charge in [-0.1, -0.05) is 30.3 Å². The number of primary amides is 1. The third-order valence-electron chi connectivity index (χ3n) is 4.07. The van der Waals surface area contributed by atoms with Gasteiger partial charge in [0, 0.05) is 31.6 Å². The first-order chi connectivity index (χ1) is 11.5. The number of nitrogens with one attached hydrogen (secondary N) is 1. The number of nitrogens with two attached hydrogens (primary N) is 1. The van der Waals surface area contributed by atoms with Crippen molar-refractivity contribution in [2.45, 2.75) is 39.7 Å². The number of H-pyrrole nitrogens is 1. The molecule has 0 atom stereocenters. The fraction of sp³-hybridized carbons (Fsp3) is 0.389. The Morgan fingerprint density at radius 3 is 2.46 bits per heavy atom. The second-order valence-corrected chi connectivity index (χ2v) is 5.93. The number of benzene rings is 1. The van der Waals surface area contributed by atoms with Crippen LogP contribution in [0, 0.1) is 13.8 Å². The number of hydrogen-bond acceptors (Lipinski definition) is 3. The molecule has 0 aliphatic rings. The molecule has 0 radical (unpaired) electrons. The molecule has 0 saturated heterocycles. The number of aromatic nitrogens is 2. The molecule has 24 heavy (non-hydrogen) atoms. The van der Waals surface area contributed by atoms with Crippen molar-refractivity contribution >= 4 is 11.8 Å². The van der Waals surface area contributed by atoms with Crippen LogP contribution in [0.5, 0.6) is 0 Å². The highest BCUT2D eigenvalue weighted by molar-refractivity contribution is 5.78. The Hall–Kier alpha value is -2.63. The summed E-state index contributed by atoms with van der Waals surface area (Å²) in [6.07, 6.45) is 1.18. The monoisotopic (exact) mass is 328 g/mol. The molecule has 0 aliphatic heterocycles. The van der Waals surface area contributed by atoms with Gasteiger partial charge in [-0.3, -0.25) is 14.7 Å². The van der Waals surface area contributed by atoms with Gasteiger partial charge in [-0.05, 0) is 31.4 Å². The van der Waals surface area contributed by atoms with Gasteiger partial charge in [-0.15, -0.1) is 0 Å². The molecule has 6 heteroatoms. The zero-order valence-electron chi connectivity index (χ0n) is 14.2. The summed E-state index contributed by atoms with van der Waals surface area (Å²) in [6.45, 7) is 4.70. The maximum atomic E-state index is 12.6. The minimum Gasteiger partial charge on any atom is -0.370 e. The van der Waals surface area contributed by atoms with Crippen molar-refractivity contribution in [3.63, 3.8) is 0 Å². The van der Waals surface area contributed by atoms with Crippen molar-refractivity contribution in [3.05, 3.63) is 52.8 Å². The van der Waals surface area contributed by atoms with E-state index in [4.69, 9.17) is 5.73 Å². The van der Waals surface area contributed by atoms with Crippen molar-refractivity contribution in [2.75, 3.05) is 6.54 Å². The van der Waals surface area contributed by atoms with Gasteiger partial charge in [0.25, 0.3) is 0 Å². The van der Waals surface area contributed by atoms with E-state index in [1.165, 1.54) is 0 Å². The van der Waals surface area contributed by atoms with E-state index in [-0.39, 0.29) is 12.3 Å². The predicted octanol–water partition coefficient (Wildman–Crippen LogP) is 1.86. The normalized spacial score (nSPS) is 10.6. The van der Waals surface area contributed by atoms with Crippen LogP contribution < -0.4 is 5.73 Å². The van der Waals surface area contributed by atoms with Crippen molar-refractivity contribution in [2.24, 2.45) is 5.73 Å². The van der Waals surface area contributed by atoms with Crippen LogP contribution in [0.4, 0.5) is 0 Å². The highest BCUT2D eigenvalue weighted by atomic mass is 16.2. The molecule has 2 amide bonds. The number of carbonyl (C=O) groups is 2. The van der Waals surface area contributed by atoms with E-state index < -0.39 is 5.91 Å². The van der Waals surface area contributed by atoms with E-state index in [9.17, 15) is 9.59 Å². The third-order valence-corrected chi connectivity index (χ3v) is 4.07. The summed E-state index contributed by atoms with van der Waals surface area (Å²) in [5, 5.41) is 7.09. The SMILES string of the molecule is Cc1n[nH]c(C)c1CCC(=O)N(CCC(N)=O)Cc1ccccc1. The van der Waals surface area contributed by atoms with E-state index in [0.717, 1.165) is 22.5 Å². The number of aromatic amines is 1. The first kappa shape index (κ1) is 17.7. The second-order valence-electron chi connectivity index (χ2n) is 5.93. The molecule has 1 heterocycles. The zero-order chi connectivity index (χ0) is 17.5. The van der Waals surface area contributed by atoms with E-state index in [2.05, 4.69) is 10.2 Å². The molecule has 0 spiro atoms. The average Bonchev–Trinajstić information content (AvgIpc) is 2.88. The fourth-order valence-electron chi connectivity index (χ4n) is 2.67. The molecule has 0 unspecified atom stereocenters. The van der Waals surface area contributed by atoms with Gasteiger partial charge in [0.05, 0.1) is 5.69 Å². The number of aryl methyl sites for hydroxylation is 2. The van der Waals surface area contributed by atoms with Gasteiger partial charge in [0.1, 0.15) is 0 Å². The van der Waals surface area contributed by atoms with Crippen LogP contribution in [-0.2, 0) is 22.6 Å². The van der Waals surface area contributed by atoms with Crippen LogP contribution >= 0.6 is 0 Å². The smallest absolute Gasteiger partial charge is 0.223 e. The molecule has 3 N–H and O–H groups in total. The van der Waals surface area contributed by atoms with Crippen LogP contribution in [0.15, 0.2) is 30.3 Å². The lowest BCUT2D eigenvalue weighted by Crippen LogP contribution is -2.33. The summed E-state index contributed by atoms with van der Waals surface area (Å²) in [6, 6.07) is 9.74. The van der Waals surface area contributed by atoms with Gasteiger partial charge in [0.15, 0.2) is 0 Å². The quantitative estimate of drug-likeness (QED) is 0.775. The molecule has 0 aliphatic carbocycles. The van der Waals surface area contributed by atoms with Crippen molar-refractivity contribution < 1.29 is 9.59 Å². The highest BCUT2D eigenvalue weighted by Gasteiger charge is 2.16. The highest BCUT2D eigenvalue weighted by Crippen LogP contribution is 2.14. The largest absolute Gasteiger partial charge is 0.370 e. The summed E-state index contributed by atoms with van der Waals surface area (Å²) in [4.78, 5) is 25.4. The Bertz CT molecular complexity index is 675. The minimum absolute atomic E-state index is 0.0140. The van der Waals surface area contributed by atoms with E-state index in [1.807, 2.05) is 44.2 Å². The van der Waals surface area contributed by atoms with Gasteiger partial charge < -0.3 is 10.6 Å². The molecule has 2 aromatic rings. The summed E-state index contributed by atoms with van der Waals surface area (Å²) < 4.78 is 0. The van der Waals surface area contributed by atoms with E-state index in [1.54, 1.807) is 4.90 Å². The zero-order valence-corrected chi connectivity index (χ0v) is 14.2. The lowest BCUT2D eigenvalue weighted by Gasteiger charge is -2.22. The first-order valence-electron chi connectivity index (χ1n) is 8.08. The maximum absolute atomic E-state index is 12.6. The predicted molar refractivity (Wildman–Crippen MR) is 92.1 cm³/mol. The molecular weight excluding hydrogens is 304 g/mol. The van der Waals surface area contributed by atoms with E-state index >= 15 is 0 Å². The third kappa shape index (κ3) is 4.94. The van der Waals surface area contributed by atoms with Crippen LogP contribution in [0.1, 0.15) is 35.4 Å². The topological polar surface area (TPSA) is 92.1 Å². The molecule has 0 bridgehead atoms. The summed E-state index contributed by atoms with van der Waals surface area (Å²) in [5.41, 5.74) is 9.27. The lowest BCUT2D eigenvalue weighted by atomic mass is 10.1. The second kappa shape index (κ2) is 8.29. The van der Waals surface area contributed by atoms with Crippen LogP contribution in [0.2, 0.25) is 0 Å². The fourth-order valence-corrected chi connectivity index (χ4v) is 2.67. The average molecular weight is 328 g/mol. The molecule has 1 aromatic carbocycles. The van der Waals surface area contributed by atoms with Gasteiger partial charge in [0.2, 0.25) is 11.8 Å². The Kier molecular flexibility index (Phi) is 6.12. The number of amides is 2.